The summed E-state index contributed by atoms with van der Waals surface area (Å²) in [6, 6.07) is 4.94. The molecule has 10 atom stereocenters. The third kappa shape index (κ3) is 14.0. The molecule has 0 aromatic carbocycles. The zero-order chi connectivity index (χ0) is 59.0. The summed E-state index contributed by atoms with van der Waals surface area (Å²) in [5.41, 5.74) is 1.94. The maximum Gasteiger partial charge on any atom is 0.0191 e. The fraction of sp³-hybridized carbons (Fsp3) is 1.00. The van der Waals surface area contributed by atoms with Crippen molar-refractivity contribution in [3.05, 3.63) is 0 Å². The van der Waals surface area contributed by atoms with Crippen LogP contribution in [0.3, 0.4) is 0 Å². The van der Waals surface area contributed by atoms with Gasteiger partial charge in [-0.2, -0.15) is 0 Å². The van der Waals surface area contributed by atoms with Crippen LogP contribution in [0.25, 0.3) is 0 Å². The lowest BCUT2D eigenvalue weighted by molar-refractivity contribution is -0.146. The second-order valence-electron chi connectivity index (χ2n) is 38.7. The molecule has 12 aliphatic rings. The molecule has 0 spiro atoms. The van der Waals surface area contributed by atoms with Gasteiger partial charge in [0.05, 0.1) is 0 Å². The molecule has 0 aromatic rings. The molecule has 0 aromatic heterocycles. The summed E-state index contributed by atoms with van der Waals surface area (Å²) in [6.07, 6.45) is 57.6. The van der Waals surface area contributed by atoms with E-state index in [4.69, 9.17) is 31.9 Å². The van der Waals surface area contributed by atoms with Crippen molar-refractivity contribution in [3.8, 4) is 0 Å². The van der Waals surface area contributed by atoms with Gasteiger partial charge in [0, 0.05) is 45.9 Å². The van der Waals surface area contributed by atoms with Crippen molar-refractivity contribution in [2.45, 2.75) is 373 Å². The number of alkyl halides is 2. The fourth-order valence-electron chi connectivity index (χ4n) is 25.9. The average molecular weight is 1290 g/mol. The molecule has 0 saturated heterocycles. The first-order chi connectivity index (χ1) is 40.0. The standard InChI is InChI=1S/C80H138Br2N2/c1-77(2,3)59-29-13-51(14-30-59)55-21-37-63(38-22-55)83(64-39-23-56(24-40-64)52-15-31-60(32-16-52)78(4,5)6)73-49-71(81)67-46-48-70-74(50-72(82)68-45-47-69(73)75(67)76(68)70)84(65-41-25-57(26-42-65)53-17-33-61(34-18-53)79(7,8)9)66-43-27-58(28-44-66)54-19-35-62(36-20-54)80(10,11)12/h51-76H,13-50H2,1-12H3. The topological polar surface area (TPSA) is 6.48 Å². The van der Waals surface area contributed by atoms with Gasteiger partial charge in [0.25, 0.3) is 0 Å². The molecule has 0 radical (unpaired) electrons. The highest BCUT2D eigenvalue weighted by molar-refractivity contribution is 9.09. The fourth-order valence-corrected chi connectivity index (χ4v) is 27.9. The molecule has 4 heteroatoms. The molecular formula is C80H138Br2N2. The Morgan fingerprint density at radius 3 is 0.595 bits per heavy atom. The largest absolute Gasteiger partial charge is 0.294 e. The van der Waals surface area contributed by atoms with E-state index in [0.29, 0.717) is 31.3 Å². The average Bonchev–Trinajstić information content (AvgIpc) is 0.898. The maximum absolute atomic E-state index is 4.77. The molecule has 12 saturated carbocycles. The minimum atomic E-state index is 0.486. The van der Waals surface area contributed by atoms with Crippen molar-refractivity contribution in [1.82, 2.24) is 9.80 Å². The first-order valence-electron chi connectivity index (χ1n) is 38.8. The Hall–Kier alpha value is 0.880. The number of hydrogen-bond acceptors (Lipinski definition) is 2. The lowest BCUT2D eigenvalue weighted by Gasteiger charge is -2.66. The third-order valence-corrected chi connectivity index (χ3v) is 33.1. The van der Waals surface area contributed by atoms with Crippen LogP contribution < -0.4 is 0 Å². The van der Waals surface area contributed by atoms with Crippen LogP contribution in [0.1, 0.15) is 327 Å². The van der Waals surface area contributed by atoms with E-state index >= 15 is 0 Å². The lowest BCUT2D eigenvalue weighted by atomic mass is 9.46. The normalized spacial score (nSPS) is 47.7. The van der Waals surface area contributed by atoms with Gasteiger partial charge in [-0.1, -0.05) is 115 Å². The van der Waals surface area contributed by atoms with Gasteiger partial charge in [-0.3, -0.25) is 9.80 Å². The van der Waals surface area contributed by atoms with Crippen molar-refractivity contribution >= 4 is 31.9 Å². The van der Waals surface area contributed by atoms with E-state index in [1.54, 1.807) is 0 Å². The quantitative estimate of drug-likeness (QED) is 0.201. The van der Waals surface area contributed by atoms with E-state index in [0.717, 1.165) is 143 Å². The van der Waals surface area contributed by atoms with Crippen LogP contribution in [0.15, 0.2) is 0 Å². The van der Waals surface area contributed by atoms with Gasteiger partial charge in [-0.15, -0.1) is 0 Å². The molecule has 0 amide bonds. The van der Waals surface area contributed by atoms with Gasteiger partial charge in [-0.05, 0) is 372 Å². The molecule has 12 fully saturated rings. The molecule has 0 bridgehead atoms. The van der Waals surface area contributed by atoms with Gasteiger partial charge in [-0.25, -0.2) is 0 Å². The van der Waals surface area contributed by atoms with E-state index in [1.165, 1.54) is 244 Å². The van der Waals surface area contributed by atoms with E-state index < -0.39 is 0 Å². The van der Waals surface area contributed by atoms with E-state index in [9.17, 15) is 0 Å². The molecular weight excluding hydrogens is 1150 g/mol. The number of rotatable bonds is 10. The minimum Gasteiger partial charge on any atom is -0.294 e. The summed E-state index contributed by atoms with van der Waals surface area (Å²) in [6.45, 7) is 30.4. The molecule has 84 heavy (non-hydrogen) atoms. The van der Waals surface area contributed by atoms with Gasteiger partial charge in [0.1, 0.15) is 0 Å². The highest BCUT2D eigenvalue weighted by atomic mass is 79.9. The van der Waals surface area contributed by atoms with Crippen LogP contribution in [0, 0.1) is 128 Å². The first kappa shape index (κ1) is 65.0. The van der Waals surface area contributed by atoms with Gasteiger partial charge in [0.2, 0.25) is 0 Å². The summed E-state index contributed by atoms with van der Waals surface area (Å²) in [7, 11) is 0. The van der Waals surface area contributed by atoms with Gasteiger partial charge < -0.3 is 0 Å². The Bertz CT molecular complexity index is 1770. The van der Waals surface area contributed by atoms with Crippen LogP contribution in [0.5, 0.6) is 0 Å². The van der Waals surface area contributed by atoms with Crippen molar-refractivity contribution in [2.75, 3.05) is 0 Å². The maximum atomic E-state index is 4.77. The molecule has 0 heterocycles. The Kier molecular flexibility index (Phi) is 20.7. The summed E-state index contributed by atoms with van der Waals surface area (Å²) >= 11 is 9.55. The monoisotopic (exact) mass is 1280 g/mol. The SMILES string of the molecule is CC(C)(C)C1CCC(C2CCC(N(C3CCC(C4CCC(C(C)(C)C)CC4)CC3)C3CC(Br)C4CCC5C6C(CCC3C46)C(Br)CC5N(C3CCC(C4CCC(C(C)(C)C)CC4)CC3)C3CCC(C4CCC(C(C)(C)C)CC4)CC3)CC2)CC1. The minimum absolute atomic E-state index is 0.486. The van der Waals surface area contributed by atoms with Gasteiger partial charge in [0.15, 0.2) is 0 Å². The lowest BCUT2D eigenvalue weighted by Crippen LogP contribution is -2.67. The van der Waals surface area contributed by atoms with E-state index in [-0.39, 0.29) is 0 Å². The van der Waals surface area contributed by atoms with Crippen LogP contribution in [-0.4, -0.2) is 55.7 Å². The van der Waals surface area contributed by atoms with Crippen LogP contribution in [-0.2, 0) is 0 Å². The van der Waals surface area contributed by atoms with Crippen LogP contribution >= 0.6 is 31.9 Å². The van der Waals surface area contributed by atoms with E-state index in [2.05, 4.69) is 92.9 Å². The summed E-state index contributed by atoms with van der Waals surface area (Å²) in [5.74, 6) is 17.3. The summed E-state index contributed by atoms with van der Waals surface area (Å²) < 4.78 is 0. The molecule has 0 aliphatic heterocycles. The Labute approximate surface area is 539 Å². The van der Waals surface area contributed by atoms with Gasteiger partial charge >= 0.3 is 0 Å². The Balaban J connectivity index is 0.785. The highest BCUT2D eigenvalue weighted by Gasteiger charge is 2.62. The number of hydrogen-bond donors (Lipinski definition) is 0. The molecule has 0 N–H and O–H groups in total. The summed E-state index contributed by atoms with van der Waals surface area (Å²) in [5, 5.41) is 0. The predicted molar refractivity (Wildman–Crippen MR) is 368 cm³/mol. The highest BCUT2D eigenvalue weighted by Crippen LogP contribution is 2.65. The van der Waals surface area contributed by atoms with E-state index in [1.807, 2.05) is 0 Å². The smallest absolute Gasteiger partial charge is 0.0191 e. The second kappa shape index (κ2) is 26.7. The molecule has 2 nitrogen and oxygen atoms in total. The first-order valence-corrected chi connectivity index (χ1v) is 40.6. The Morgan fingerprint density at radius 2 is 0.405 bits per heavy atom. The van der Waals surface area contributed by atoms with Crippen molar-refractivity contribution in [3.63, 3.8) is 0 Å². The number of halogens is 2. The molecule has 482 valence electrons. The third-order valence-electron chi connectivity index (χ3n) is 31.0. The van der Waals surface area contributed by atoms with Crippen LogP contribution in [0.2, 0.25) is 0 Å². The van der Waals surface area contributed by atoms with Crippen molar-refractivity contribution in [2.24, 2.45) is 128 Å². The Morgan fingerprint density at radius 1 is 0.226 bits per heavy atom. The van der Waals surface area contributed by atoms with Crippen molar-refractivity contribution < 1.29 is 0 Å². The molecule has 10 unspecified atom stereocenters. The van der Waals surface area contributed by atoms with Crippen molar-refractivity contribution in [1.29, 1.82) is 0 Å². The molecule has 12 rings (SSSR count). The second-order valence-corrected chi connectivity index (χ2v) is 41.0. The predicted octanol–water partition coefficient (Wildman–Crippen LogP) is 23.6. The summed E-state index contributed by atoms with van der Waals surface area (Å²) in [4.78, 5) is 8.45. The van der Waals surface area contributed by atoms with Crippen LogP contribution in [0.4, 0.5) is 0 Å². The zero-order valence-electron chi connectivity index (χ0n) is 57.5. The molecule has 12 aliphatic carbocycles. The number of nitrogens with zero attached hydrogens (tertiary/aromatic N) is 2. The zero-order valence-corrected chi connectivity index (χ0v) is 60.7.